The Kier molecular flexibility index (Phi) is 4.97. The molecule has 1 aliphatic carbocycles. The Morgan fingerprint density at radius 2 is 1.94 bits per heavy atom. The minimum absolute atomic E-state index is 0.0659. The van der Waals surface area contributed by atoms with Crippen LogP contribution >= 0.6 is 0 Å². The highest BCUT2D eigenvalue weighted by Gasteiger charge is 2.55. The van der Waals surface area contributed by atoms with Crippen LogP contribution in [0.15, 0.2) is 42.5 Å². The number of likely N-dealkylation sites (tertiary alicyclic amines) is 1. The van der Waals surface area contributed by atoms with Gasteiger partial charge >= 0.3 is 0 Å². The molecule has 2 fully saturated rings. The molecule has 6 rings (SSSR count). The van der Waals surface area contributed by atoms with Gasteiger partial charge in [-0.15, -0.1) is 0 Å². The van der Waals surface area contributed by atoms with Crippen molar-refractivity contribution in [2.24, 2.45) is 13.0 Å². The largest absolute Gasteiger partial charge is 0.497 e. The number of carbonyl (C=O) groups is 1. The molecule has 1 atom stereocenters. The standard InChI is InChI=1S/C27H30FN3O3/c1-29-22-11-19(34-2)9-10-20(22)24-25(29)23(13-32)30(12-18-5-3-4-6-21(18)28)14-27(24)15-31(16-27)26(33)17-7-8-17/h3-6,9-11,17,23,32H,7-8,12-16H2,1-2H3/t23-/m0/s1. The number of halogens is 1. The number of benzene rings is 2. The number of aliphatic hydroxyl groups excluding tert-OH is 1. The summed E-state index contributed by atoms with van der Waals surface area (Å²) in [5.41, 5.74) is 3.68. The van der Waals surface area contributed by atoms with Gasteiger partial charge in [-0.25, -0.2) is 4.39 Å². The quantitative estimate of drug-likeness (QED) is 0.631. The Labute approximate surface area is 198 Å². The predicted octanol–water partition coefficient (Wildman–Crippen LogP) is 3.37. The van der Waals surface area contributed by atoms with Crippen LogP contribution in [-0.2, 0) is 23.8 Å². The van der Waals surface area contributed by atoms with E-state index in [9.17, 15) is 14.3 Å². The summed E-state index contributed by atoms with van der Waals surface area (Å²) in [6.07, 6.45) is 1.99. The van der Waals surface area contributed by atoms with Crippen LogP contribution in [-0.4, -0.2) is 58.7 Å². The van der Waals surface area contributed by atoms with Gasteiger partial charge in [-0.1, -0.05) is 18.2 Å². The summed E-state index contributed by atoms with van der Waals surface area (Å²) < 4.78 is 22.2. The molecule has 34 heavy (non-hydrogen) atoms. The van der Waals surface area contributed by atoms with Gasteiger partial charge in [0.15, 0.2) is 0 Å². The second-order valence-corrected chi connectivity index (χ2v) is 10.1. The molecule has 0 unspecified atom stereocenters. The molecule has 3 heterocycles. The fraction of sp³-hybridized carbons (Fsp3) is 0.444. The van der Waals surface area contributed by atoms with Crippen LogP contribution in [0.1, 0.15) is 35.7 Å². The van der Waals surface area contributed by atoms with Crippen molar-refractivity contribution >= 4 is 16.8 Å². The van der Waals surface area contributed by atoms with Gasteiger partial charge in [0.05, 0.1) is 25.3 Å². The number of amides is 1. The maximum atomic E-state index is 14.6. The number of aryl methyl sites for hydroxylation is 1. The number of hydrogen-bond donors (Lipinski definition) is 1. The number of carbonyl (C=O) groups excluding carboxylic acids is 1. The van der Waals surface area contributed by atoms with Crippen LogP contribution in [0.25, 0.3) is 10.9 Å². The van der Waals surface area contributed by atoms with Crippen molar-refractivity contribution < 1.29 is 19.0 Å². The molecule has 7 heteroatoms. The Hall–Kier alpha value is -2.90. The first kappa shape index (κ1) is 21.6. The summed E-state index contributed by atoms with van der Waals surface area (Å²) in [6.45, 7) is 2.32. The number of nitrogens with zero attached hydrogens (tertiary/aromatic N) is 3. The van der Waals surface area contributed by atoms with Gasteiger partial charge < -0.3 is 19.3 Å². The fourth-order valence-electron chi connectivity index (χ4n) is 6.16. The van der Waals surface area contributed by atoms with E-state index in [1.165, 1.54) is 11.6 Å². The summed E-state index contributed by atoms with van der Waals surface area (Å²) in [4.78, 5) is 17.0. The number of aromatic nitrogens is 1. The average Bonchev–Trinajstić information content (AvgIpc) is 3.63. The normalized spacial score (nSPS) is 21.5. The van der Waals surface area contributed by atoms with Crippen molar-refractivity contribution in [1.82, 2.24) is 14.4 Å². The highest BCUT2D eigenvalue weighted by Crippen LogP contribution is 2.50. The summed E-state index contributed by atoms with van der Waals surface area (Å²) in [5.74, 6) is 0.998. The molecule has 2 aliphatic heterocycles. The smallest absolute Gasteiger partial charge is 0.225 e. The molecule has 1 saturated carbocycles. The number of rotatable bonds is 5. The number of aliphatic hydroxyl groups is 1. The zero-order valence-electron chi connectivity index (χ0n) is 19.6. The van der Waals surface area contributed by atoms with E-state index < -0.39 is 0 Å². The topological polar surface area (TPSA) is 57.9 Å². The molecule has 0 bridgehead atoms. The van der Waals surface area contributed by atoms with Crippen LogP contribution < -0.4 is 4.74 Å². The van der Waals surface area contributed by atoms with Gasteiger partial charge in [0.2, 0.25) is 5.91 Å². The minimum atomic E-state index is -0.267. The van der Waals surface area contributed by atoms with Crippen molar-refractivity contribution in [1.29, 1.82) is 0 Å². The second kappa shape index (κ2) is 7.82. The molecule has 178 valence electrons. The maximum absolute atomic E-state index is 14.6. The first-order chi connectivity index (χ1) is 16.5. The molecule has 2 aromatic carbocycles. The lowest BCUT2D eigenvalue weighted by Crippen LogP contribution is -2.67. The van der Waals surface area contributed by atoms with E-state index in [4.69, 9.17) is 4.74 Å². The lowest BCUT2D eigenvalue weighted by molar-refractivity contribution is -0.142. The van der Waals surface area contributed by atoms with Gasteiger partial charge in [-0.3, -0.25) is 9.69 Å². The van der Waals surface area contributed by atoms with Gasteiger partial charge in [0.25, 0.3) is 0 Å². The first-order valence-electron chi connectivity index (χ1n) is 12.0. The van der Waals surface area contributed by atoms with Crippen LogP contribution in [0.5, 0.6) is 5.75 Å². The third-order valence-electron chi connectivity index (χ3n) is 7.98. The molecule has 1 spiro atoms. The van der Waals surface area contributed by atoms with Crippen molar-refractivity contribution in [3.05, 3.63) is 65.1 Å². The van der Waals surface area contributed by atoms with E-state index in [0.29, 0.717) is 31.7 Å². The molecular formula is C27H30FN3O3. The first-order valence-corrected chi connectivity index (χ1v) is 12.0. The fourth-order valence-corrected chi connectivity index (χ4v) is 6.16. The third-order valence-corrected chi connectivity index (χ3v) is 7.98. The molecule has 3 aliphatic rings. The highest BCUT2D eigenvalue weighted by molar-refractivity contribution is 5.90. The molecule has 0 radical (unpaired) electrons. The third kappa shape index (κ3) is 3.17. The summed E-state index contributed by atoms with van der Waals surface area (Å²) in [5, 5.41) is 11.7. The molecule has 3 aromatic rings. The van der Waals surface area contributed by atoms with Gasteiger partial charge in [-0.05, 0) is 36.6 Å². The van der Waals surface area contributed by atoms with Crippen LogP contribution in [0, 0.1) is 11.7 Å². The molecule has 1 N–H and O–H groups in total. The highest BCUT2D eigenvalue weighted by atomic mass is 19.1. The average molecular weight is 464 g/mol. The Morgan fingerprint density at radius 1 is 1.18 bits per heavy atom. The Balaban J connectivity index is 1.47. The Morgan fingerprint density at radius 3 is 2.62 bits per heavy atom. The molecule has 1 aromatic heterocycles. The van der Waals surface area contributed by atoms with Gasteiger partial charge in [0.1, 0.15) is 11.6 Å². The van der Waals surface area contributed by atoms with Gasteiger partial charge in [-0.2, -0.15) is 0 Å². The lowest BCUT2D eigenvalue weighted by atomic mass is 9.68. The van der Waals surface area contributed by atoms with Crippen molar-refractivity contribution in [2.45, 2.75) is 30.8 Å². The van der Waals surface area contributed by atoms with Crippen molar-refractivity contribution in [3.63, 3.8) is 0 Å². The minimum Gasteiger partial charge on any atom is -0.497 e. The van der Waals surface area contributed by atoms with E-state index >= 15 is 0 Å². The molecule has 1 amide bonds. The summed E-state index contributed by atoms with van der Waals surface area (Å²) in [6, 6.07) is 12.7. The van der Waals surface area contributed by atoms with Crippen LogP contribution in [0.4, 0.5) is 4.39 Å². The van der Waals surface area contributed by atoms with E-state index in [1.54, 1.807) is 13.2 Å². The van der Waals surface area contributed by atoms with E-state index in [-0.39, 0.29) is 35.7 Å². The van der Waals surface area contributed by atoms with Crippen LogP contribution in [0.3, 0.4) is 0 Å². The zero-order chi connectivity index (χ0) is 23.6. The Bertz CT molecular complexity index is 1280. The maximum Gasteiger partial charge on any atom is 0.225 e. The number of methoxy groups -OCH3 is 1. The number of fused-ring (bicyclic) bond motifs is 4. The van der Waals surface area contributed by atoms with E-state index in [0.717, 1.165) is 35.2 Å². The zero-order valence-corrected chi connectivity index (χ0v) is 19.6. The predicted molar refractivity (Wildman–Crippen MR) is 127 cm³/mol. The molecule has 6 nitrogen and oxygen atoms in total. The van der Waals surface area contributed by atoms with Crippen molar-refractivity contribution in [3.8, 4) is 5.75 Å². The van der Waals surface area contributed by atoms with Gasteiger partial charge in [0, 0.05) is 67.3 Å². The molecular weight excluding hydrogens is 433 g/mol. The number of ether oxygens (including phenoxy) is 1. The van der Waals surface area contributed by atoms with Crippen molar-refractivity contribution in [2.75, 3.05) is 33.4 Å². The lowest BCUT2D eigenvalue weighted by Gasteiger charge is -2.56. The SMILES string of the molecule is COc1ccc2c3c(n(C)c2c1)[C@H](CO)N(Cc1ccccc1F)CC31CN(C(=O)C2CC2)C1. The van der Waals surface area contributed by atoms with E-state index in [2.05, 4.69) is 15.5 Å². The monoisotopic (exact) mass is 463 g/mol. The summed E-state index contributed by atoms with van der Waals surface area (Å²) >= 11 is 0. The number of hydrogen-bond acceptors (Lipinski definition) is 4. The summed E-state index contributed by atoms with van der Waals surface area (Å²) in [7, 11) is 3.68. The van der Waals surface area contributed by atoms with E-state index in [1.807, 2.05) is 36.2 Å². The van der Waals surface area contributed by atoms with Crippen LogP contribution in [0.2, 0.25) is 0 Å². The molecule has 1 saturated heterocycles. The second-order valence-electron chi connectivity index (χ2n) is 10.1.